The van der Waals surface area contributed by atoms with Gasteiger partial charge in [0.25, 0.3) is 5.91 Å². The summed E-state index contributed by atoms with van der Waals surface area (Å²) >= 11 is 0. The number of nitrogens with one attached hydrogen (secondary N) is 1. The molecule has 0 aliphatic carbocycles. The summed E-state index contributed by atoms with van der Waals surface area (Å²) in [5.74, 6) is -0.109. The van der Waals surface area contributed by atoms with Gasteiger partial charge in [0.15, 0.2) is 5.69 Å². The Morgan fingerprint density at radius 2 is 2.24 bits per heavy atom. The molecular weight excluding hydrogens is 270 g/mol. The van der Waals surface area contributed by atoms with Crippen LogP contribution in [0.1, 0.15) is 43.2 Å². The van der Waals surface area contributed by atoms with Crippen molar-refractivity contribution in [1.29, 1.82) is 0 Å². The van der Waals surface area contributed by atoms with Gasteiger partial charge in [-0.15, -0.1) is 5.10 Å². The smallest absolute Gasteiger partial charge is 0.275 e. The minimum absolute atomic E-state index is 0.109. The number of carbonyl (C=O) groups excluding carboxylic acids is 1. The zero-order valence-electron chi connectivity index (χ0n) is 13.1. The van der Waals surface area contributed by atoms with E-state index in [2.05, 4.69) is 15.6 Å². The average Bonchev–Trinajstić information content (AvgIpc) is 2.96. The summed E-state index contributed by atoms with van der Waals surface area (Å²) in [7, 11) is 1.76. The van der Waals surface area contributed by atoms with E-state index in [1.165, 1.54) is 0 Å². The molecule has 2 rings (SSSR count). The molecule has 7 heteroatoms. The molecular formula is C14H25N5O2. The molecule has 0 bridgehead atoms. The Hall–Kier alpha value is -1.47. The zero-order valence-corrected chi connectivity index (χ0v) is 13.1. The number of likely N-dealkylation sites (N-methyl/N-ethyl adjacent to an activating group) is 1. The quantitative estimate of drug-likeness (QED) is 0.836. The van der Waals surface area contributed by atoms with Gasteiger partial charge in [-0.05, 0) is 39.8 Å². The fourth-order valence-electron chi connectivity index (χ4n) is 2.35. The van der Waals surface area contributed by atoms with E-state index in [0.717, 1.165) is 25.9 Å². The molecule has 0 unspecified atom stereocenters. The highest BCUT2D eigenvalue weighted by atomic mass is 16.5. The summed E-state index contributed by atoms with van der Waals surface area (Å²) < 4.78 is 7.28. The maximum atomic E-state index is 12.3. The molecule has 118 valence electrons. The average molecular weight is 295 g/mol. The molecule has 0 radical (unpaired) electrons. The van der Waals surface area contributed by atoms with Crippen molar-refractivity contribution >= 4 is 5.91 Å². The molecule has 1 fully saturated rings. The highest BCUT2D eigenvalue weighted by Gasteiger charge is 2.20. The van der Waals surface area contributed by atoms with E-state index in [0.29, 0.717) is 24.9 Å². The van der Waals surface area contributed by atoms with Crippen molar-refractivity contribution in [1.82, 2.24) is 25.2 Å². The first-order chi connectivity index (χ1) is 10.1. The van der Waals surface area contributed by atoms with Crippen molar-refractivity contribution in [3.05, 3.63) is 11.9 Å². The van der Waals surface area contributed by atoms with Crippen LogP contribution in [0.15, 0.2) is 6.20 Å². The summed E-state index contributed by atoms with van der Waals surface area (Å²) in [6.07, 6.45) is 3.98. The van der Waals surface area contributed by atoms with Crippen LogP contribution in [-0.2, 0) is 4.74 Å². The number of carbonyl (C=O) groups is 1. The maximum absolute atomic E-state index is 12.3. The molecule has 1 saturated heterocycles. The monoisotopic (exact) mass is 295 g/mol. The summed E-state index contributed by atoms with van der Waals surface area (Å²) in [5, 5.41) is 11.4. The van der Waals surface area contributed by atoms with Crippen molar-refractivity contribution in [2.75, 3.05) is 33.3 Å². The van der Waals surface area contributed by atoms with Crippen molar-refractivity contribution in [2.24, 2.45) is 0 Å². The molecule has 0 spiro atoms. The predicted octanol–water partition coefficient (Wildman–Crippen LogP) is 0.700. The normalized spacial score (nSPS) is 16.4. The lowest BCUT2D eigenvalue weighted by molar-refractivity contribution is 0.0529. The van der Waals surface area contributed by atoms with E-state index in [1.54, 1.807) is 18.1 Å². The van der Waals surface area contributed by atoms with Gasteiger partial charge >= 0.3 is 0 Å². The lowest BCUT2D eigenvalue weighted by Gasteiger charge is -2.22. The summed E-state index contributed by atoms with van der Waals surface area (Å²) in [5.41, 5.74) is 0.403. The van der Waals surface area contributed by atoms with Crippen LogP contribution in [0.3, 0.4) is 0 Å². The van der Waals surface area contributed by atoms with Crippen LogP contribution in [0.5, 0.6) is 0 Å². The van der Waals surface area contributed by atoms with Crippen LogP contribution in [0.4, 0.5) is 0 Å². The van der Waals surface area contributed by atoms with Crippen LogP contribution < -0.4 is 5.32 Å². The lowest BCUT2D eigenvalue weighted by Crippen LogP contribution is -2.31. The van der Waals surface area contributed by atoms with Crippen LogP contribution in [0.25, 0.3) is 0 Å². The van der Waals surface area contributed by atoms with E-state index in [9.17, 15) is 4.79 Å². The summed E-state index contributed by atoms with van der Waals surface area (Å²) in [4.78, 5) is 13.9. The Kier molecular flexibility index (Phi) is 5.69. The highest BCUT2D eigenvalue weighted by Crippen LogP contribution is 2.17. The lowest BCUT2D eigenvalue weighted by atomic mass is 10.1. The number of rotatable bonds is 6. The van der Waals surface area contributed by atoms with Gasteiger partial charge in [-0.25, -0.2) is 4.68 Å². The van der Waals surface area contributed by atoms with Gasteiger partial charge in [0.1, 0.15) is 0 Å². The van der Waals surface area contributed by atoms with Crippen LogP contribution in [0.2, 0.25) is 0 Å². The Morgan fingerprint density at radius 1 is 1.52 bits per heavy atom. The Bertz CT molecular complexity index is 454. The molecule has 1 aliphatic heterocycles. The van der Waals surface area contributed by atoms with Gasteiger partial charge in [0.2, 0.25) is 0 Å². The van der Waals surface area contributed by atoms with Gasteiger partial charge in [-0.2, -0.15) is 0 Å². The fraction of sp³-hybridized carbons (Fsp3) is 0.786. The van der Waals surface area contributed by atoms with Gasteiger partial charge in [-0.1, -0.05) is 5.21 Å². The van der Waals surface area contributed by atoms with Crippen molar-refractivity contribution < 1.29 is 9.53 Å². The zero-order chi connectivity index (χ0) is 15.2. The SMILES string of the molecule is CC(C)OCCN(C)C(=O)c1cn(C2CCNCC2)nn1. The van der Waals surface area contributed by atoms with E-state index in [-0.39, 0.29) is 12.0 Å². The topological polar surface area (TPSA) is 72.3 Å². The maximum Gasteiger partial charge on any atom is 0.275 e. The number of ether oxygens (including phenoxy) is 1. The van der Waals surface area contributed by atoms with Gasteiger partial charge in [-0.3, -0.25) is 4.79 Å². The number of nitrogens with zero attached hydrogens (tertiary/aromatic N) is 4. The van der Waals surface area contributed by atoms with Crippen molar-refractivity contribution in [3.8, 4) is 0 Å². The molecule has 0 aromatic carbocycles. The molecule has 1 aromatic rings. The van der Waals surface area contributed by atoms with E-state index >= 15 is 0 Å². The molecule has 0 saturated carbocycles. The molecule has 1 amide bonds. The first-order valence-electron chi connectivity index (χ1n) is 7.57. The minimum Gasteiger partial charge on any atom is -0.377 e. The largest absolute Gasteiger partial charge is 0.377 e. The third kappa shape index (κ3) is 4.50. The molecule has 1 N–H and O–H groups in total. The Labute approximate surface area is 125 Å². The second kappa shape index (κ2) is 7.51. The number of hydrogen-bond acceptors (Lipinski definition) is 5. The van der Waals surface area contributed by atoms with Gasteiger partial charge in [0.05, 0.1) is 24.9 Å². The molecule has 2 heterocycles. The van der Waals surface area contributed by atoms with Gasteiger partial charge < -0.3 is 15.0 Å². The highest BCUT2D eigenvalue weighted by molar-refractivity contribution is 5.91. The van der Waals surface area contributed by atoms with Crippen LogP contribution in [0, 0.1) is 0 Å². The number of hydrogen-bond donors (Lipinski definition) is 1. The summed E-state index contributed by atoms with van der Waals surface area (Å²) in [6, 6.07) is 0.342. The third-order valence-electron chi connectivity index (χ3n) is 3.64. The second-order valence-corrected chi connectivity index (χ2v) is 5.71. The first-order valence-corrected chi connectivity index (χ1v) is 7.57. The molecule has 1 aliphatic rings. The van der Waals surface area contributed by atoms with Crippen LogP contribution >= 0.6 is 0 Å². The first kappa shape index (κ1) is 15.9. The second-order valence-electron chi connectivity index (χ2n) is 5.71. The molecule has 7 nitrogen and oxygen atoms in total. The Morgan fingerprint density at radius 3 is 2.90 bits per heavy atom. The number of aromatic nitrogens is 3. The summed E-state index contributed by atoms with van der Waals surface area (Å²) in [6.45, 7) is 7.01. The van der Waals surface area contributed by atoms with E-state index in [1.807, 2.05) is 18.5 Å². The molecule has 0 atom stereocenters. The van der Waals surface area contributed by atoms with Crippen molar-refractivity contribution in [2.45, 2.75) is 38.8 Å². The number of amides is 1. The standard InChI is InChI=1S/C14H25N5O2/c1-11(2)21-9-8-18(3)14(20)13-10-19(17-16-13)12-4-6-15-7-5-12/h10-12,15H,4-9H2,1-3H3. The van der Waals surface area contributed by atoms with E-state index in [4.69, 9.17) is 4.74 Å². The third-order valence-corrected chi connectivity index (χ3v) is 3.64. The van der Waals surface area contributed by atoms with Crippen molar-refractivity contribution in [3.63, 3.8) is 0 Å². The van der Waals surface area contributed by atoms with Crippen LogP contribution in [-0.4, -0.2) is 65.2 Å². The van der Waals surface area contributed by atoms with Gasteiger partial charge in [0, 0.05) is 13.6 Å². The fourth-order valence-corrected chi connectivity index (χ4v) is 2.35. The Balaban J connectivity index is 1.88. The number of piperidine rings is 1. The minimum atomic E-state index is -0.109. The van der Waals surface area contributed by atoms with E-state index < -0.39 is 0 Å². The predicted molar refractivity (Wildman–Crippen MR) is 79.2 cm³/mol. The molecule has 21 heavy (non-hydrogen) atoms. The molecule has 1 aromatic heterocycles.